The van der Waals surface area contributed by atoms with Gasteiger partial charge in [0, 0.05) is 0 Å². The monoisotopic (exact) mass is 224 g/mol. The Hall–Kier alpha value is 0.0834. The van der Waals surface area contributed by atoms with Crippen LogP contribution in [-0.4, -0.2) is 16.2 Å². The summed E-state index contributed by atoms with van der Waals surface area (Å²) in [5.74, 6) is 0. The van der Waals surface area contributed by atoms with Crippen molar-refractivity contribution in [3.63, 3.8) is 0 Å². The first-order valence-corrected chi connectivity index (χ1v) is 4.73. The molecule has 0 spiro atoms. The third-order valence-electron chi connectivity index (χ3n) is 1.24. The summed E-state index contributed by atoms with van der Waals surface area (Å²) in [6.45, 7) is 3.39. The van der Waals surface area contributed by atoms with Gasteiger partial charge in [-0.05, 0) is 0 Å². The molecule has 1 aromatic rings. The molecule has 0 aliphatic rings. The summed E-state index contributed by atoms with van der Waals surface area (Å²) in [5.41, 5.74) is 0. The molecule has 0 unspecified atom stereocenters. The van der Waals surface area contributed by atoms with Crippen LogP contribution in [0.2, 0.25) is 0 Å². The molecule has 0 aliphatic heterocycles. The van der Waals surface area contributed by atoms with Gasteiger partial charge in [-0.15, -0.1) is 0 Å². The summed E-state index contributed by atoms with van der Waals surface area (Å²) in [7, 11) is 0. The van der Waals surface area contributed by atoms with E-state index in [2.05, 4.69) is 4.98 Å². The Morgan fingerprint density at radius 2 is 2.45 bits per heavy atom. The van der Waals surface area contributed by atoms with E-state index >= 15 is 0 Å². The third kappa shape index (κ3) is 3.32. The van der Waals surface area contributed by atoms with Gasteiger partial charge in [-0.3, -0.25) is 0 Å². The molecule has 0 bridgehead atoms. The number of hydrogen-bond donors (Lipinski definition) is 0. The molecule has 11 heavy (non-hydrogen) atoms. The molecule has 0 atom stereocenters. The quantitative estimate of drug-likeness (QED) is 0.515. The van der Waals surface area contributed by atoms with Crippen LogP contribution in [0, 0.1) is 0 Å². The van der Waals surface area contributed by atoms with Crippen molar-refractivity contribution in [3.05, 3.63) is 12.4 Å². The fourth-order valence-corrected chi connectivity index (χ4v) is 1.30. The van der Waals surface area contributed by atoms with Crippen LogP contribution in [0.25, 0.3) is 0 Å². The predicted octanol–water partition coefficient (Wildman–Crippen LogP) is -2.95. The van der Waals surface area contributed by atoms with Gasteiger partial charge in [-0.2, -0.15) is 0 Å². The number of aromatic nitrogens is 2. The van der Waals surface area contributed by atoms with Gasteiger partial charge in [0.05, 0.1) is 0 Å². The van der Waals surface area contributed by atoms with Gasteiger partial charge in [0.25, 0.3) is 0 Å². The van der Waals surface area contributed by atoms with Crippen molar-refractivity contribution in [2.24, 2.45) is 0 Å². The Balaban J connectivity index is 0.000001000. The fourth-order valence-electron chi connectivity index (χ4n) is 0.667. The van der Waals surface area contributed by atoms with Crippen molar-refractivity contribution >= 4 is 4.42 Å². The Kier molecular flexibility index (Phi) is 5.74. The molecule has 1 heterocycles. The predicted molar refractivity (Wildman–Crippen MR) is 33.5 cm³/mol. The van der Waals surface area contributed by atoms with Crippen molar-refractivity contribution in [3.8, 4) is 0 Å². The second kappa shape index (κ2) is 5.70. The molecule has 58 valence electrons. The zero-order chi connectivity index (χ0) is 7.40. The van der Waals surface area contributed by atoms with Gasteiger partial charge in [0.1, 0.15) is 0 Å². The number of rotatable bonds is 3. The number of halogens is 1. The zero-order valence-corrected chi connectivity index (χ0v) is 10.2. The first kappa shape index (κ1) is 11.1. The zero-order valence-electron chi connectivity index (χ0n) is 6.46. The molecule has 0 amide bonds. The van der Waals surface area contributed by atoms with E-state index in [9.17, 15) is 0 Å². The van der Waals surface area contributed by atoms with E-state index in [4.69, 9.17) is 4.74 Å². The first-order chi connectivity index (χ1) is 4.84. The molecule has 1 rings (SSSR count). The standard InChI is InChI=1S/C6H9N2O.ClH.Zn/c1-2-9-6-8-4-3-7-5-8;;/h3-4H,2,6H2,1H3;1H;/q;;+1/p-1. The van der Waals surface area contributed by atoms with Crippen LogP contribution >= 0.6 is 0 Å². The van der Waals surface area contributed by atoms with Crippen molar-refractivity contribution in [2.75, 3.05) is 6.61 Å². The first-order valence-electron chi connectivity index (χ1n) is 3.25. The maximum absolute atomic E-state index is 5.20. The Morgan fingerprint density at radius 3 is 2.91 bits per heavy atom. The van der Waals surface area contributed by atoms with Crippen LogP contribution in [0.1, 0.15) is 6.92 Å². The van der Waals surface area contributed by atoms with Gasteiger partial charge in [-0.1, -0.05) is 0 Å². The summed E-state index contributed by atoms with van der Waals surface area (Å²) >= 11 is 1.08. The van der Waals surface area contributed by atoms with E-state index in [1.54, 1.807) is 6.20 Å². The summed E-state index contributed by atoms with van der Waals surface area (Å²) in [6.07, 6.45) is 3.74. The van der Waals surface area contributed by atoms with Crippen LogP contribution in [0.15, 0.2) is 12.4 Å². The minimum Gasteiger partial charge on any atom is -1.00 e. The van der Waals surface area contributed by atoms with Crippen LogP contribution in [-0.2, 0) is 29.8 Å². The maximum Gasteiger partial charge on any atom is -1.00 e. The summed E-state index contributed by atoms with van der Waals surface area (Å²) in [4.78, 5) is 4.11. The smallest absolute Gasteiger partial charge is 1.00 e. The van der Waals surface area contributed by atoms with E-state index < -0.39 is 0 Å². The molecule has 0 radical (unpaired) electrons. The number of imidazole rings is 1. The average Bonchev–Trinajstić information content (AvgIpc) is 2.31. The Labute approximate surface area is 82.2 Å². The number of nitrogens with zero attached hydrogens (tertiary/aromatic N) is 2. The largest absolute Gasteiger partial charge is 1.00 e. The molecule has 0 aliphatic carbocycles. The molecular weight excluding hydrogens is 217 g/mol. The van der Waals surface area contributed by atoms with E-state index in [0.717, 1.165) is 29.3 Å². The van der Waals surface area contributed by atoms with Crippen LogP contribution in [0.5, 0.6) is 0 Å². The van der Waals surface area contributed by atoms with E-state index in [-0.39, 0.29) is 12.4 Å². The molecule has 0 N–H and O–H groups in total. The molecule has 0 aromatic carbocycles. The topological polar surface area (TPSA) is 27.1 Å². The van der Waals surface area contributed by atoms with Gasteiger partial charge in [0.15, 0.2) is 0 Å². The van der Waals surface area contributed by atoms with Crippen LogP contribution in [0.4, 0.5) is 0 Å². The summed E-state index contributed by atoms with van der Waals surface area (Å²) < 4.78 is 8.34. The summed E-state index contributed by atoms with van der Waals surface area (Å²) in [5, 5.41) is 0. The normalized spacial score (nSPS) is 9.36. The molecule has 0 fully saturated rings. The van der Waals surface area contributed by atoms with Gasteiger partial charge in [-0.25, -0.2) is 0 Å². The van der Waals surface area contributed by atoms with E-state index in [0.29, 0.717) is 6.73 Å². The third-order valence-corrected chi connectivity index (χ3v) is 2.47. The number of hydrogen-bond acceptors (Lipinski definition) is 2. The minimum atomic E-state index is 0. The van der Waals surface area contributed by atoms with Crippen molar-refractivity contribution in [1.29, 1.82) is 0 Å². The van der Waals surface area contributed by atoms with Gasteiger partial charge >= 0.3 is 69.7 Å². The second-order valence-corrected chi connectivity index (χ2v) is 3.26. The molecule has 3 nitrogen and oxygen atoms in total. The van der Waals surface area contributed by atoms with Crippen molar-refractivity contribution in [2.45, 2.75) is 13.7 Å². The fraction of sp³-hybridized carbons (Fsp3) is 0.500. The Bertz CT molecular complexity index is 204. The Morgan fingerprint density at radius 1 is 1.73 bits per heavy atom. The van der Waals surface area contributed by atoms with Gasteiger partial charge < -0.3 is 12.4 Å². The minimum absolute atomic E-state index is 0. The van der Waals surface area contributed by atoms with E-state index in [1.165, 1.54) is 0 Å². The molecule has 5 heteroatoms. The van der Waals surface area contributed by atoms with Crippen molar-refractivity contribution in [1.82, 2.24) is 9.55 Å². The molecule has 1 aromatic heterocycles. The molecule has 0 saturated carbocycles. The van der Waals surface area contributed by atoms with Gasteiger partial charge in [0.2, 0.25) is 0 Å². The average molecular weight is 226 g/mol. The van der Waals surface area contributed by atoms with Crippen LogP contribution in [0.3, 0.4) is 0 Å². The molecule has 0 saturated heterocycles. The van der Waals surface area contributed by atoms with Crippen molar-refractivity contribution < 1.29 is 35.4 Å². The van der Waals surface area contributed by atoms with Crippen LogP contribution < -0.4 is 16.8 Å². The molecular formula is C6H9ClN2OZn. The summed E-state index contributed by atoms with van der Waals surface area (Å²) in [6, 6.07) is 0. The second-order valence-electron chi connectivity index (χ2n) is 1.94. The SMILES string of the molecule is CCOCn1ccn[c]1[Zn+].[Cl-]. The maximum atomic E-state index is 5.20. The number of ether oxygens (including phenoxy) is 1. The van der Waals surface area contributed by atoms with E-state index in [1.807, 2.05) is 17.7 Å².